The first kappa shape index (κ1) is 14.2. The highest BCUT2D eigenvalue weighted by Gasteiger charge is 2.08. The number of nitrogens with one attached hydrogen (secondary N) is 2. The number of aromatic nitrogens is 5. The summed E-state index contributed by atoms with van der Waals surface area (Å²) in [5, 5.41) is 14.5. The van der Waals surface area contributed by atoms with Gasteiger partial charge in [-0.3, -0.25) is 0 Å². The van der Waals surface area contributed by atoms with Crippen LogP contribution in [0.5, 0.6) is 0 Å². The van der Waals surface area contributed by atoms with E-state index in [0.29, 0.717) is 0 Å². The van der Waals surface area contributed by atoms with Gasteiger partial charge in [-0.2, -0.15) is 0 Å². The summed E-state index contributed by atoms with van der Waals surface area (Å²) >= 11 is 0. The summed E-state index contributed by atoms with van der Waals surface area (Å²) in [6.45, 7) is 7.57. The van der Waals surface area contributed by atoms with Gasteiger partial charge in [0.05, 0.1) is 0 Å². The lowest BCUT2D eigenvalue weighted by Gasteiger charge is -2.13. The van der Waals surface area contributed by atoms with Gasteiger partial charge in [-0.1, -0.05) is 0 Å². The van der Waals surface area contributed by atoms with Crippen molar-refractivity contribution in [1.29, 1.82) is 0 Å². The molecule has 2 rings (SSSR count). The molecule has 0 spiro atoms. The SMILES string of the molecule is CCNc1nc(C)nc(NCCc2nncn2C)c1C. The summed E-state index contributed by atoms with van der Waals surface area (Å²) in [7, 11) is 1.94. The Morgan fingerprint density at radius 2 is 1.85 bits per heavy atom. The first-order chi connectivity index (χ1) is 9.61. The molecule has 108 valence electrons. The number of hydrogen-bond donors (Lipinski definition) is 2. The van der Waals surface area contributed by atoms with E-state index in [1.807, 2.05) is 25.5 Å². The number of anilines is 2. The van der Waals surface area contributed by atoms with Crippen LogP contribution in [0.3, 0.4) is 0 Å². The highest BCUT2D eigenvalue weighted by Crippen LogP contribution is 2.19. The minimum Gasteiger partial charge on any atom is -0.370 e. The molecule has 0 bridgehead atoms. The zero-order valence-corrected chi connectivity index (χ0v) is 12.4. The van der Waals surface area contributed by atoms with Crippen molar-refractivity contribution < 1.29 is 0 Å². The van der Waals surface area contributed by atoms with Crippen molar-refractivity contribution in [3.8, 4) is 0 Å². The molecule has 0 aliphatic heterocycles. The third kappa shape index (κ3) is 3.23. The first-order valence-corrected chi connectivity index (χ1v) is 6.77. The number of aryl methyl sites for hydroxylation is 2. The van der Waals surface area contributed by atoms with E-state index < -0.39 is 0 Å². The second kappa shape index (κ2) is 6.31. The summed E-state index contributed by atoms with van der Waals surface area (Å²) in [4.78, 5) is 8.86. The fraction of sp³-hybridized carbons (Fsp3) is 0.538. The average molecular weight is 275 g/mol. The van der Waals surface area contributed by atoms with Crippen LogP contribution < -0.4 is 10.6 Å². The van der Waals surface area contributed by atoms with E-state index in [0.717, 1.165) is 48.4 Å². The van der Waals surface area contributed by atoms with Crippen LogP contribution in [0.4, 0.5) is 11.6 Å². The average Bonchev–Trinajstić information content (AvgIpc) is 2.81. The van der Waals surface area contributed by atoms with Crippen molar-refractivity contribution in [3.05, 3.63) is 23.5 Å². The molecule has 0 radical (unpaired) electrons. The largest absolute Gasteiger partial charge is 0.370 e. The van der Waals surface area contributed by atoms with Gasteiger partial charge in [-0.25, -0.2) is 9.97 Å². The first-order valence-electron chi connectivity index (χ1n) is 6.77. The molecular formula is C13H21N7. The summed E-state index contributed by atoms with van der Waals surface area (Å²) in [5.41, 5.74) is 1.04. The Kier molecular flexibility index (Phi) is 4.49. The van der Waals surface area contributed by atoms with Crippen LogP contribution in [0.15, 0.2) is 6.33 Å². The summed E-state index contributed by atoms with van der Waals surface area (Å²) in [6.07, 6.45) is 2.51. The van der Waals surface area contributed by atoms with Crippen LogP contribution >= 0.6 is 0 Å². The van der Waals surface area contributed by atoms with Crippen LogP contribution in [-0.2, 0) is 13.5 Å². The molecule has 7 nitrogen and oxygen atoms in total. The van der Waals surface area contributed by atoms with Crippen LogP contribution in [-0.4, -0.2) is 37.8 Å². The summed E-state index contributed by atoms with van der Waals surface area (Å²) in [5.74, 6) is 3.47. The number of hydrogen-bond acceptors (Lipinski definition) is 6. The predicted octanol–water partition coefficient (Wildman–Crippen LogP) is 1.31. The van der Waals surface area contributed by atoms with Crippen molar-refractivity contribution >= 4 is 11.6 Å². The van der Waals surface area contributed by atoms with Gasteiger partial charge in [0.15, 0.2) is 0 Å². The van der Waals surface area contributed by atoms with Crippen molar-refractivity contribution in [2.24, 2.45) is 7.05 Å². The molecule has 0 fully saturated rings. The molecule has 2 heterocycles. The Hall–Kier alpha value is -2.18. The zero-order chi connectivity index (χ0) is 14.5. The molecule has 2 aromatic heterocycles. The minimum absolute atomic E-state index is 0.757. The van der Waals surface area contributed by atoms with Gasteiger partial charge in [0.25, 0.3) is 0 Å². The Labute approximate surface area is 118 Å². The van der Waals surface area contributed by atoms with E-state index in [-0.39, 0.29) is 0 Å². The minimum atomic E-state index is 0.757. The molecular weight excluding hydrogens is 254 g/mol. The van der Waals surface area contributed by atoms with E-state index in [9.17, 15) is 0 Å². The molecule has 20 heavy (non-hydrogen) atoms. The molecule has 2 N–H and O–H groups in total. The van der Waals surface area contributed by atoms with Gasteiger partial charge in [0.2, 0.25) is 0 Å². The fourth-order valence-corrected chi connectivity index (χ4v) is 1.97. The molecule has 0 aliphatic carbocycles. The van der Waals surface area contributed by atoms with Gasteiger partial charge in [0.1, 0.15) is 29.6 Å². The number of rotatable bonds is 6. The molecule has 0 atom stereocenters. The van der Waals surface area contributed by atoms with Gasteiger partial charge < -0.3 is 15.2 Å². The summed E-state index contributed by atoms with van der Waals surface area (Å²) < 4.78 is 1.92. The Morgan fingerprint density at radius 3 is 2.45 bits per heavy atom. The summed E-state index contributed by atoms with van der Waals surface area (Å²) in [6, 6.07) is 0. The lowest BCUT2D eigenvalue weighted by molar-refractivity contribution is 0.786. The maximum absolute atomic E-state index is 4.45. The molecule has 0 saturated heterocycles. The topological polar surface area (TPSA) is 80.6 Å². The van der Waals surface area contributed by atoms with E-state index >= 15 is 0 Å². The molecule has 0 aromatic carbocycles. The third-order valence-corrected chi connectivity index (χ3v) is 3.05. The quantitative estimate of drug-likeness (QED) is 0.827. The molecule has 7 heteroatoms. The Balaban J connectivity index is 2.04. The molecule has 0 unspecified atom stereocenters. The van der Waals surface area contributed by atoms with E-state index in [1.54, 1.807) is 6.33 Å². The monoisotopic (exact) mass is 275 g/mol. The Morgan fingerprint density at radius 1 is 1.15 bits per heavy atom. The molecule has 0 saturated carbocycles. The lowest BCUT2D eigenvalue weighted by Crippen LogP contribution is -2.13. The van der Waals surface area contributed by atoms with Gasteiger partial charge in [0, 0.05) is 32.1 Å². The van der Waals surface area contributed by atoms with Crippen molar-refractivity contribution in [2.45, 2.75) is 27.2 Å². The third-order valence-electron chi connectivity index (χ3n) is 3.05. The second-order valence-electron chi connectivity index (χ2n) is 4.66. The van der Waals surface area contributed by atoms with Gasteiger partial charge in [-0.05, 0) is 20.8 Å². The predicted molar refractivity (Wildman–Crippen MR) is 78.9 cm³/mol. The van der Waals surface area contributed by atoms with E-state index in [2.05, 4.69) is 37.7 Å². The van der Waals surface area contributed by atoms with Crippen molar-refractivity contribution in [3.63, 3.8) is 0 Å². The van der Waals surface area contributed by atoms with E-state index in [1.165, 1.54) is 0 Å². The maximum atomic E-state index is 4.45. The van der Waals surface area contributed by atoms with Crippen molar-refractivity contribution in [2.75, 3.05) is 23.7 Å². The standard InChI is InChI=1S/C13H21N7/c1-5-14-12-9(2)13(18-10(3)17-12)15-7-6-11-19-16-8-20(11)4/h8H,5-7H2,1-4H3,(H2,14,15,17,18). The maximum Gasteiger partial charge on any atom is 0.134 e. The van der Waals surface area contributed by atoms with Crippen LogP contribution in [0.2, 0.25) is 0 Å². The van der Waals surface area contributed by atoms with Crippen molar-refractivity contribution in [1.82, 2.24) is 24.7 Å². The number of nitrogens with zero attached hydrogens (tertiary/aromatic N) is 5. The highest BCUT2D eigenvalue weighted by molar-refractivity contribution is 5.57. The Bertz CT molecular complexity index is 576. The van der Waals surface area contributed by atoms with Gasteiger partial charge >= 0.3 is 0 Å². The van der Waals surface area contributed by atoms with Gasteiger partial charge in [-0.15, -0.1) is 10.2 Å². The normalized spacial score (nSPS) is 10.6. The molecule has 0 aliphatic rings. The van der Waals surface area contributed by atoms with Crippen LogP contribution in [0, 0.1) is 13.8 Å². The lowest BCUT2D eigenvalue weighted by atomic mass is 10.3. The smallest absolute Gasteiger partial charge is 0.134 e. The highest BCUT2D eigenvalue weighted by atomic mass is 15.2. The second-order valence-corrected chi connectivity index (χ2v) is 4.66. The van der Waals surface area contributed by atoms with E-state index in [4.69, 9.17) is 0 Å². The molecule has 2 aromatic rings. The zero-order valence-electron chi connectivity index (χ0n) is 12.4. The van der Waals surface area contributed by atoms with Crippen LogP contribution in [0.1, 0.15) is 24.1 Å². The van der Waals surface area contributed by atoms with Crippen LogP contribution in [0.25, 0.3) is 0 Å². The molecule has 0 amide bonds. The fourth-order valence-electron chi connectivity index (χ4n) is 1.97.